The molecule has 0 N–H and O–H groups in total. The summed E-state index contributed by atoms with van der Waals surface area (Å²) >= 11 is -2.51. The van der Waals surface area contributed by atoms with Gasteiger partial charge in [-0.2, -0.15) is 0 Å². The molecule has 0 unspecified atom stereocenters. The molecule has 44 heavy (non-hydrogen) atoms. The molecular weight excluding hydrogens is 671 g/mol. The van der Waals surface area contributed by atoms with E-state index in [1.807, 2.05) is 0 Å². The van der Waals surface area contributed by atoms with Crippen LogP contribution in [-0.4, -0.2) is 5.43 Å². The van der Waals surface area contributed by atoms with Gasteiger partial charge in [0.05, 0.1) is 0 Å². The fraction of sp³-hybridized carbons (Fsp3) is 0.300. The van der Waals surface area contributed by atoms with Crippen LogP contribution < -0.4 is 35.2 Å². The molecule has 0 saturated heterocycles. The smallest absolute Gasteiger partial charge is 1.00 e. The van der Waals surface area contributed by atoms with Gasteiger partial charge in [0.15, 0.2) is 0 Å². The first-order valence-corrected chi connectivity index (χ1v) is 23.3. The van der Waals surface area contributed by atoms with Gasteiger partial charge in [-0.15, -0.1) is 0 Å². The van der Waals surface area contributed by atoms with Gasteiger partial charge in [-0.3, -0.25) is 0 Å². The molecule has 2 aliphatic rings. The van der Waals surface area contributed by atoms with Crippen LogP contribution >= 0.6 is 0 Å². The molecule has 4 heteroatoms. The quantitative estimate of drug-likeness (QED) is 0.285. The largest absolute Gasteiger partial charge is 1.00 e. The van der Waals surface area contributed by atoms with E-state index in [2.05, 4.69) is 159 Å². The number of allylic oxidation sites excluding steroid dienone is 4. The van der Waals surface area contributed by atoms with Crippen molar-refractivity contribution in [2.24, 2.45) is 0 Å². The fourth-order valence-corrected chi connectivity index (χ4v) is 28.7. The average molecular weight is 715 g/mol. The molecule has 0 aromatic heterocycles. The Labute approximate surface area is 286 Å². The molecule has 0 bridgehead atoms. The summed E-state index contributed by atoms with van der Waals surface area (Å²) in [6.07, 6.45) is 8.40. The van der Waals surface area contributed by atoms with E-state index in [0.29, 0.717) is 3.63 Å². The molecule has 0 atom stereocenters. The maximum Gasteiger partial charge on any atom is -1.00 e. The molecule has 0 amide bonds. The number of hydrogen-bond donors (Lipinski definition) is 0. The van der Waals surface area contributed by atoms with Crippen LogP contribution in [0.5, 0.6) is 0 Å². The van der Waals surface area contributed by atoms with Gasteiger partial charge >= 0.3 is 263 Å². The van der Waals surface area contributed by atoms with E-state index in [4.69, 9.17) is 0 Å². The van der Waals surface area contributed by atoms with Crippen molar-refractivity contribution in [1.82, 2.24) is 0 Å². The van der Waals surface area contributed by atoms with Gasteiger partial charge in [0.25, 0.3) is 0 Å². The van der Waals surface area contributed by atoms with Crippen LogP contribution in [0.1, 0.15) is 85.0 Å². The summed E-state index contributed by atoms with van der Waals surface area (Å²) in [6, 6.07) is 34.2. The second-order valence-electron chi connectivity index (χ2n) is 14.4. The van der Waals surface area contributed by atoms with Crippen LogP contribution in [0.25, 0.3) is 11.1 Å². The fourth-order valence-electron chi connectivity index (χ4n) is 6.56. The molecule has 2 aliphatic carbocycles. The molecule has 0 radical (unpaired) electrons. The minimum atomic E-state index is -2.51. The van der Waals surface area contributed by atoms with Crippen molar-refractivity contribution in [1.29, 1.82) is 0 Å². The Hall–Kier alpha value is -1.96. The topological polar surface area (TPSA) is 0 Å². The van der Waals surface area contributed by atoms with Gasteiger partial charge in [0.1, 0.15) is 0 Å². The SMILES string of the molecule is Cc1ccc([Si](c2ccc(C)cc2)=[Zr+2]([C]2=CC=CC2)[CH]2c3cc(C(C)(C)C)ccc3-c3ccc(C(C)(C)C)cc32)cc1.[Cl-].[Cl-]. The van der Waals surface area contributed by atoms with E-state index in [1.54, 1.807) is 24.8 Å². The zero-order valence-electron chi connectivity index (χ0n) is 27.4. The minimum absolute atomic E-state index is 0. The molecule has 6 rings (SSSR count). The monoisotopic (exact) mass is 712 g/mol. The second-order valence-corrected chi connectivity index (χ2v) is 28.2. The molecule has 0 spiro atoms. The summed E-state index contributed by atoms with van der Waals surface area (Å²) in [5.41, 5.74) is 11.0. The third-order valence-corrected chi connectivity index (χ3v) is 28.9. The summed E-state index contributed by atoms with van der Waals surface area (Å²) in [6.45, 7) is 18.6. The average Bonchev–Trinajstić information content (AvgIpc) is 3.58. The maximum atomic E-state index is 2.62. The predicted molar refractivity (Wildman–Crippen MR) is 180 cm³/mol. The van der Waals surface area contributed by atoms with Crippen molar-refractivity contribution in [2.45, 2.75) is 76.3 Å². The zero-order valence-corrected chi connectivity index (χ0v) is 32.3. The Kier molecular flexibility index (Phi) is 10.6. The maximum absolute atomic E-state index is 2.62. The first-order valence-electron chi connectivity index (χ1n) is 15.5. The summed E-state index contributed by atoms with van der Waals surface area (Å²) in [4.78, 5) is 0. The van der Waals surface area contributed by atoms with E-state index in [0.717, 1.165) is 6.42 Å². The molecule has 0 fully saturated rings. The zero-order chi connectivity index (χ0) is 29.8. The number of halogens is 2. The third kappa shape index (κ3) is 6.76. The molecule has 0 nitrogen and oxygen atoms in total. The molecular formula is C40H44Cl2SiZr. The number of hydrogen-bond acceptors (Lipinski definition) is 0. The number of benzene rings is 4. The van der Waals surface area contributed by atoms with Gasteiger partial charge in [-0.25, -0.2) is 0 Å². The van der Waals surface area contributed by atoms with Crippen molar-refractivity contribution >= 4 is 15.8 Å². The number of rotatable bonds is 4. The molecule has 4 aromatic rings. The van der Waals surface area contributed by atoms with Crippen molar-refractivity contribution < 1.29 is 45.2 Å². The molecule has 0 saturated carbocycles. The van der Waals surface area contributed by atoms with Crippen molar-refractivity contribution in [3.05, 3.63) is 140 Å². The van der Waals surface area contributed by atoms with Crippen LogP contribution in [0.15, 0.2) is 106 Å². The van der Waals surface area contributed by atoms with E-state index >= 15 is 0 Å². The molecule has 0 heterocycles. The number of aryl methyl sites for hydroxylation is 2. The summed E-state index contributed by atoms with van der Waals surface area (Å²) in [7, 11) is 0. The van der Waals surface area contributed by atoms with Crippen LogP contribution in [0.3, 0.4) is 0 Å². The van der Waals surface area contributed by atoms with Crippen LogP contribution in [0.4, 0.5) is 0 Å². The predicted octanol–water partition coefficient (Wildman–Crippen LogP) is 3.24. The second kappa shape index (κ2) is 13.4. The third-order valence-electron chi connectivity index (χ3n) is 9.10. The summed E-state index contributed by atoms with van der Waals surface area (Å²) < 4.78 is 2.28. The Morgan fingerprint density at radius 3 is 1.41 bits per heavy atom. The summed E-state index contributed by atoms with van der Waals surface area (Å²) in [5.74, 6) is 0. The van der Waals surface area contributed by atoms with E-state index in [-0.39, 0.29) is 35.6 Å². The first kappa shape index (κ1) is 34.9. The van der Waals surface area contributed by atoms with Gasteiger partial charge in [0.2, 0.25) is 0 Å². The standard InChI is InChI=1S/C21H25.C14H14Si.C5H5.2ClH.Zr/c1-20(2,3)16-7-9-18-14(12-16)11-15-13-17(21(4,5)6)8-10-19(15)18;1-11-3-7-13(8-4-11)15-14-9-5-12(2)6-10-14;1-2-4-5-3-1;;;/h7-13H,1-6H3;3-10H,1-2H3;1-3H,4H2;2*1H;/q;;;;;+2/p-2. The van der Waals surface area contributed by atoms with Crippen LogP contribution in [-0.2, 0) is 31.2 Å². The van der Waals surface area contributed by atoms with E-state index in [1.165, 1.54) is 33.4 Å². The van der Waals surface area contributed by atoms with E-state index < -0.39 is 25.8 Å². The van der Waals surface area contributed by atoms with Gasteiger partial charge in [-0.05, 0) is 0 Å². The Bertz CT molecular complexity index is 1650. The van der Waals surface area contributed by atoms with Crippen molar-refractivity contribution in [3.8, 4) is 11.1 Å². The van der Waals surface area contributed by atoms with Crippen LogP contribution in [0.2, 0.25) is 0 Å². The van der Waals surface area contributed by atoms with E-state index in [9.17, 15) is 0 Å². The Morgan fingerprint density at radius 1 is 0.614 bits per heavy atom. The van der Waals surface area contributed by atoms with Crippen LogP contribution in [0, 0.1) is 13.8 Å². The molecule has 0 aliphatic heterocycles. The van der Waals surface area contributed by atoms with Gasteiger partial charge in [-0.1, -0.05) is 0 Å². The Balaban J connectivity index is 0.00000221. The summed E-state index contributed by atoms with van der Waals surface area (Å²) in [5, 5.41) is 3.18. The van der Waals surface area contributed by atoms with Crippen molar-refractivity contribution in [3.63, 3.8) is 0 Å². The van der Waals surface area contributed by atoms with Gasteiger partial charge in [0, 0.05) is 0 Å². The van der Waals surface area contributed by atoms with Gasteiger partial charge < -0.3 is 24.8 Å². The normalized spacial score (nSPS) is 13.7. The minimum Gasteiger partial charge on any atom is -1.00 e. The Morgan fingerprint density at radius 2 is 1.05 bits per heavy atom. The van der Waals surface area contributed by atoms with Crippen molar-refractivity contribution in [2.75, 3.05) is 0 Å². The molecule has 226 valence electrons. The first-order chi connectivity index (χ1) is 19.9. The number of fused-ring (bicyclic) bond motifs is 3. The molecule has 4 aromatic carbocycles.